The van der Waals surface area contributed by atoms with Gasteiger partial charge < -0.3 is 4.90 Å². The van der Waals surface area contributed by atoms with E-state index in [1.54, 1.807) is 6.42 Å². The molecule has 2 unspecified atom stereocenters. The van der Waals surface area contributed by atoms with E-state index in [0.717, 1.165) is 29.7 Å². The second-order valence-electron chi connectivity index (χ2n) is 5.97. The molecule has 1 nitrogen and oxygen atoms in total. The first-order valence-corrected chi connectivity index (χ1v) is 7.18. The van der Waals surface area contributed by atoms with Crippen molar-refractivity contribution in [3.63, 3.8) is 0 Å². The number of fused-ring (bicyclic) bond motifs is 1. The van der Waals surface area contributed by atoms with Crippen LogP contribution in [-0.2, 0) is 0 Å². The Hall–Kier alpha value is 0.250. The van der Waals surface area contributed by atoms with E-state index in [9.17, 15) is 0 Å². The van der Waals surface area contributed by atoms with Crippen LogP contribution >= 0.6 is 11.6 Å². The average molecular weight is 228 g/mol. The highest BCUT2D eigenvalue weighted by atomic mass is 35.5. The van der Waals surface area contributed by atoms with Gasteiger partial charge in [0.15, 0.2) is 0 Å². The molecule has 4 rings (SSSR count). The summed E-state index contributed by atoms with van der Waals surface area (Å²) in [5.41, 5.74) is 0. The van der Waals surface area contributed by atoms with Crippen LogP contribution in [0.3, 0.4) is 0 Å². The quantitative estimate of drug-likeness (QED) is 0.670. The monoisotopic (exact) mass is 227 g/mol. The molecule has 2 saturated carbocycles. The van der Waals surface area contributed by atoms with Gasteiger partial charge in [-0.05, 0) is 62.8 Å². The molecule has 2 heterocycles. The molecule has 2 saturated heterocycles. The van der Waals surface area contributed by atoms with Crippen molar-refractivity contribution in [3.05, 3.63) is 0 Å². The largest absolute Gasteiger partial charge is 0.300 e. The first kappa shape index (κ1) is 10.4. The van der Waals surface area contributed by atoms with Crippen molar-refractivity contribution in [2.24, 2.45) is 17.8 Å². The van der Waals surface area contributed by atoms with E-state index in [0.29, 0.717) is 0 Å². The summed E-state index contributed by atoms with van der Waals surface area (Å²) in [7, 11) is 0. The SMILES string of the molecule is ClCCCN1CC2CC3CC(C2)CC1C3. The lowest BCUT2D eigenvalue weighted by Crippen LogP contribution is -2.38. The van der Waals surface area contributed by atoms with Gasteiger partial charge in [0.1, 0.15) is 0 Å². The zero-order valence-electron chi connectivity index (χ0n) is 9.50. The first-order chi connectivity index (χ1) is 7.35. The van der Waals surface area contributed by atoms with Crippen molar-refractivity contribution in [2.45, 2.75) is 44.6 Å². The predicted molar refractivity (Wildman–Crippen MR) is 64.3 cm³/mol. The maximum Gasteiger partial charge on any atom is 0.0235 e. The molecule has 2 aliphatic heterocycles. The third kappa shape index (κ3) is 2.06. The summed E-state index contributed by atoms with van der Waals surface area (Å²) in [4.78, 5) is 2.77. The molecule has 0 amide bonds. The normalized spacial score (nSPS) is 44.6. The smallest absolute Gasteiger partial charge is 0.0235 e. The fourth-order valence-corrected chi connectivity index (χ4v) is 4.54. The Balaban J connectivity index is 1.71. The molecule has 0 aromatic rings. The third-order valence-electron chi connectivity index (χ3n) is 4.80. The molecule has 0 N–H and O–H groups in total. The van der Waals surface area contributed by atoms with Gasteiger partial charge >= 0.3 is 0 Å². The van der Waals surface area contributed by atoms with Crippen molar-refractivity contribution in [2.75, 3.05) is 19.0 Å². The second kappa shape index (κ2) is 4.25. The molecule has 4 fully saturated rings. The van der Waals surface area contributed by atoms with Crippen LogP contribution in [0, 0.1) is 17.8 Å². The van der Waals surface area contributed by atoms with Crippen molar-refractivity contribution in [3.8, 4) is 0 Å². The molecule has 0 aromatic heterocycles. The predicted octanol–water partition coefficient (Wildman–Crippen LogP) is 3.13. The van der Waals surface area contributed by atoms with Crippen LogP contribution in [0.15, 0.2) is 0 Å². The number of hydrogen-bond donors (Lipinski definition) is 0. The highest BCUT2D eigenvalue weighted by molar-refractivity contribution is 6.17. The van der Waals surface area contributed by atoms with Crippen LogP contribution in [0.4, 0.5) is 0 Å². The van der Waals surface area contributed by atoms with Crippen LogP contribution in [0.1, 0.15) is 38.5 Å². The van der Waals surface area contributed by atoms with E-state index in [1.165, 1.54) is 45.2 Å². The maximum atomic E-state index is 5.82. The second-order valence-corrected chi connectivity index (χ2v) is 6.35. The summed E-state index contributed by atoms with van der Waals surface area (Å²) in [6.07, 6.45) is 8.79. The van der Waals surface area contributed by atoms with Gasteiger partial charge in [0, 0.05) is 18.5 Å². The molecular formula is C13H22ClN. The minimum absolute atomic E-state index is 0.834. The highest BCUT2D eigenvalue weighted by Gasteiger charge is 2.42. The van der Waals surface area contributed by atoms with E-state index in [1.807, 2.05) is 0 Å². The van der Waals surface area contributed by atoms with E-state index >= 15 is 0 Å². The standard InChI is InChI=1S/C13H22ClN/c14-2-1-3-15-9-12-5-10-4-11(6-12)8-13(15)7-10/h10-13H,1-9H2. The minimum atomic E-state index is 0.834. The molecule has 86 valence electrons. The molecule has 15 heavy (non-hydrogen) atoms. The fraction of sp³-hybridized carbons (Fsp3) is 1.00. The summed E-state index contributed by atoms with van der Waals surface area (Å²) in [6.45, 7) is 2.64. The maximum absolute atomic E-state index is 5.82. The molecule has 0 aromatic carbocycles. The van der Waals surface area contributed by atoms with E-state index in [-0.39, 0.29) is 0 Å². The number of nitrogens with zero attached hydrogens (tertiary/aromatic N) is 1. The van der Waals surface area contributed by atoms with Gasteiger partial charge in [-0.15, -0.1) is 11.6 Å². The zero-order valence-corrected chi connectivity index (χ0v) is 10.3. The number of rotatable bonds is 3. The van der Waals surface area contributed by atoms with Crippen molar-refractivity contribution < 1.29 is 0 Å². The van der Waals surface area contributed by atoms with Gasteiger partial charge in [0.25, 0.3) is 0 Å². The van der Waals surface area contributed by atoms with Crippen LogP contribution in [0.2, 0.25) is 0 Å². The van der Waals surface area contributed by atoms with Crippen LogP contribution in [0.5, 0.6) is 0 Å². The van der Waals surface area contributed by atoms with Crippen molar-refractivity contribution in [1.82, 2.24) is 4.90 Å². The van der Waals surface area contributed by atoms with Gasteiger partial charge in [-0.3, -0.25) is 0 Å². The summed E-state index contributed by atoms with van der Waals surface area (Å²) >= 11 is 5.82. The lowest BCUT2D eigenvalue weighted by atomic mass is 9.68. The first-order valence-electron chi connectivity index (χ1n) is 6.65. The summed E-state index contributed by atoms with van der Waals surface area (Å²) in [5, 5.41) is 0. The van der Waals surface area contributed by atoms with Crippen LogP contribution in [-0.4, -0.2) is 29.9 Å². The highest BCUT2D eigenvalue weighted by Crippen LogP contribution is 2.47. The van der Waals surface area contributed by atoms with Gasteiger partial charge in [0.2, 0.25) is 0 Å². The number of halogens is 1. The Kier molecular flexibility index (Phi) is 2.95. The van der Waals surface area contributed by atoms with Crippen LogP contribution in [0.25, 0.3) is 0 Å². The van der Waals surface area contributed by atoms with Crippen molar-refractivity contribution >= 4 is 11.6 Å². The van der Waals surface area contributed by atoms with Gasteiger partial charge in [-0.2, -0.15) is 0 Å². The molecule has 0 radical (unpaired) electrons. The average Bonchev–Trinajstić information content (AvgIpc) is 2.40. The zero-order chi connectivity index (χ0) is 10.3. The lowest BCUT2D eigenvalue weighted by molar-refractivity contribution is 0.126. The molecule has 2 heteroatoms. The molecule has 4 bridgehead atoms. The number of hydrogen-bond acceptors (Lipinski definition) is 1. The van der Waals surface area contributed by atoms with E-state index in [4.69, 9.17) is 11.6 Å². The Labute approximate surface area is 98.2 Å². The Bertz CT molecular complexity index is 217. The molecule has 2 atom stereocenters. The lowest BCUT2D eigenvalue weighted by Gasteiger charge is -2.39. The summed E-state index contributed by atoms with van der Waals surface area (Å²) < 4.78 is 0. The van der Waals surface area contributed by atoms with Gasteiger partial charge in [-0.25, -0.2) is 0 Å². The molecule has 2 aliphatic carbocycles. The topological polar surface area (TPSA) is 3.24 Å². The third-order valence-corrected chi connectivity index (χ3v) is 5.07. The number of alkyl halides is 1. The Morgan fingerprint density at radius 2 is 1.60 bits per heavy atom. The van der Waals surface area contributed by atoms with Gasteiger partial charge in [0.05, 0.1) is 0 Å². The van der Waals surface area contributed by atoms with E-state index < -0.39 is 0 Å². The van der Waals surface area contributed by atoms with Crippen molar-refractivity contribution in [1.29, 1.82) is 0 Å². The fourth-order valence-electron chi connectivity index (χ4n) is 4.42. The molecule has 4 aliphatic rings. The minimum Gasteiger partial charge on any atom is -0.300 e. The molecular weight excluding hydrogens is 206 g/mol. The van der Waals surface area contributed by atoms with E-state index in [2.05, 4.69) is 4.90 Å². The summed E-state index contributed by atoms with van der Waals surface area (Å²) in [5.74, 6) is 4.01. The van der Waals surface area contributed by atoms with Gasteiger partial charge in [-0.1, -0.05) is 0 Å². The molecule has 0 spiro atoms. The Morgan fingerprint density at radius 3 is 2.27 bits per heavy atom. The summed E-state index contributed by atoms with van der Waals surface area (Å²) in [6, 6.07) is 0.921. The Morgan fingerprint density at radius 1 is 0.933 bits per heavy atom. The van der Waals surface area contributed by atoms with Crippen LogP contribution < -0.4 is 0 Å².